The maximum absolute atomic E-state index is 11.4. The van der Waals surface area contributed by atoms with E-state index < -0.39 is 0 Å². The summed E-state index contributed by atoms with van der Waals surface area (Å²) in [5, 5.41) is 6.87. The predicted molar refractivity (Wildman–Crippen MR) is 76.6 cm³/mol. The van der Waals surface area contributed by atoms with Crippen molar-refractivity contribution in [1.29, 1.82) is 0 Å². The lowest BCUT2D eigenvalue weighted by Crippen LogP contribution is -2.41. The van der Waals surface area contributed by atoms with Gasteiger partial charge in [-0.2, -0.15) is 0 Å². The van der Waals surface area contributed by atoms with E-state index >= 15 is 0 Å². The molecule has 0 spiro atoms. The highest BCUT2D eigenvalue weighted by Gasteiger charge is 2.18. The van der Waals surface area contributed by atoms with Gasteiger partial charge in [0.2, 0.25) is 5.91 Å². The second-order valence-corrected chi connectivity index (χ2v) is 5.15. The number of hydrogen-bond acceptors (Lipinski definition) is 2. The van der Waals surface area contributed by atoms with Crippen LogP contribution in [0.4, 0.5) is 0 Å². The fourth-order valence-corrected chi connectivity index (χ4v) is 2.34. The number of benzene rings is 1. The van der Waals surface area contributed by atoms with Crippen molar-refractivity contribution in [3.05, 3.63) is 32.8 Å². The van der Waals surface area contributed by atoms with Crippen molar-refractivity contribution in [3.63, 3.8) is 0 Å². The molecule has 18 heavy (non-hydrogen) atoms. The highest BCUT2D eigenvalue weighted by atomic mass is 35.5. The van der Waals surface area contributed by atoms with Crippen LogP contribution in [-0.4, -0.2) is 19.0 Å². The molecule has 0 bridgehead atoms. The van der Waals surface area contributed by atoms with Gasteiger partial charge in [-0.3, -0.25) is 10.1 Å². The van der Waals surface area contributed by atoms with E-state index in [0.29, 0.717) is 15.1 Å². The number of amides is 1. The van der Waals surface area contributed by atoms with E-state index in [9.17, 15) is 4.79 Å². The summed E-state index contributed by atoms with van der Waals surface area (Å²) in [6.45, 7) is 3.69. The molecule has 1 rings (SSSR count). The van der Waals surface area contributed by atoms with E-state index in [2.05, 4.69) is 10.6 Å². The normalized spacial score (nSPS) is 14.1. The Balaban J connectivity index is 2.88. The number of carbonyl (C=O) groups excluding carboxylic acids is 1. The number of carbonyl (C=O) groups is 1. The topological polar surface area (TPSA) is 41.1 Å². The second kappa shape index (κ2) is 6.62. The number of hydrogen-bond donors (Lipinski definition) is 2. The predicted octanol–water partition coefficient (Wildman–Crippen LogP) is 3.43. The Hall–Kier alpha value is -0.480. The summed E-state index contributed by atoms with van der Waals surface area (Å²) in [6.07, 6.45) is 0. The molecule has 1 amide bonds. The Morgan fingerprint density at radius 1 is 1.17 bits per heavy atom. The number of halogens is 3. The van der Waals surface area contributed by atoms with Crippen molar-refractivity contribution in [1.82, 2.24) is 10.6 Å². The van der Waals surface area contributed by atoms with E-state index in [1.54, 1.807) is 26.1 Å². The van der Waals surface area contributed by atoms with Crippen LogP contribution in [0.25, 0.3) is 0 Å². The van der Waals surface area contributed by atoms with Crippen molar-refractivity contribution in [3.8, 4) is 0 Å². The fourth-order valence-electron chi connectivity index (χ4n) is 1.63. The average Bonchev–Trinajstić information content (AvgIpc) is 2.34. The molecule has 2 N–H and O–H groups in total. The monoisotopic (exact) mass is 308 g/mol. The third kappa shape index (κ3) is 3.51. The zero-order valence-electron chi connectivity index (χ0n) is 10.4. The summed E-state index contributed by atoms with van der Waals surface area (Å²) >= 11 is 18.0. The molecule has 100 valence electrons. The van der Waals surface area contributed by atoms with Gasteiger partial charge in [0.15, 0.2) is 0 Å². The SMILES string of the molecule is CNC(=O)C(C)NC(C)c1ccc(Cl)c(Cl)c1Cl. The minimum Gasteiger partial charge on any atom is -0.358 e. The minimum absolute atomic E-state index is 0.0852. The maximum Gasteiger partial charge on any atom is 0.236 e. The fraction of sp³-hybridized carbons (Fsp3) is 0.417. The number of nitrogens with one attached hydrogen (secondary N) is 2. The van der Waals surface area contributed by atoms with Crippen LogP contribution in [-0.2, 0) is 4.79 Å². The van der Waals surface area contributed by atoms with Crippen molar-refractivity contribution in [2.75, 3.05) is 7.05 Å². The van der Waals surface area contributed by atoms with Gasteiger partial charge < -0.3 is 5.32 Å². The first kappa shape index (κ1) is 15.6. The van der Waals surface area contributed by atoms with Gasteiger partial charge in [0.1, 0.15) is 0 Å². The molecular formula is C12H15Cl3N2O. The summed E-state index contributed by atoms with van der Waals surface area (Å²) in [5.41, 5.74) is 0.807. The van der Waals surface area contributed by atoms with Crippen LogP contribution in [0, 0.1) is 0 Å². The molecule has 3 nitrogen and oxygen atoms in total. The van der Waals surface area contributed by atoms with Crippen molar-refractivity contribution < 1.29 is 4.79 Å². The summed E-state index contributed by atoms with van der Waals surface area (Å²) in [7, 11) is 1.59. The molecule has 0 saturated carbocycles. The van der Waals surface area contributed by atoms with Gasteiger partial charge in [-0.1, -0.05) is 40.9 Å². The van der Waals surface area contributed by atoms with Gasteiger partial charge in [-0.15, -0.1) is 0 Å². The van der Waals surface area contributed by atoms with Crippen molar-refractivity contribution >= 4 is 40.7 Å². The number of likely N-dealkylation sites (N-methyl/N-ethyl adjacent to an activating group) is 1. The largest absolute Gasteiger partial charge is 0.358 e. The first-order valence-electron chi connectivity index (χ1n) is 5.49. The molecule has 6 heteroatoms. The third-order valence-electron chi connectivity index (χ3n) is 2.67. The second-order valence-electron chi connectivity index (χ2n) is 3.99. The smallest absolute Gasteiger partial charge is 0.236 e. The van der Waals surface area contributed by atoms with Crippen LogP contribution in [0.1, 0.15) is 25.5 Å². The van der Waals surface area contributed by atoms with E-state index in [4.69, 9.17) is 34.8 Å². The lowest BCUT2D eigenvalue weighted by molar-refractivity contribution is -0.122. The average molecular weight is 310 g/mol. The molecule has 1 aromatic carbocycles. The summed E-state index contributed by atoms with van der Waals surface area (Å²) in [4.78, 5) is 11.4. The molecule has 0 saturated heterocycles. The van der Waals surface area contributed by atoms with Gasteiger partial charge in [0.25, 0.3) is 0 Å². The van der Waals surface area contributed by atoms with Crippen LogP contribution in [0.3, 0.4) is 0 Å². The molecule has 0 aliphatic carbocycles. The van der Waals surface area contributed by atoms with E-state index in [0.717, 1.165) is 5.56 Å². The summed E-state index contributed by atoms with van der Waals surface area (Å²) < 4.78 is 0. The molecular weight excluding hydrogens is 295 g/mol. The zero-order chi connectivity index (χ0) is 13.9. The summed E-state index contributed by atoms with van der Waals surface area (Å²) in [6, 6.07) is 3.05. The van der Waals surface area contributed by atoms with Gasteiger partial charge in [-0.05, 0) is 25.5 Å². The minimum atomic E-state index is -0.324. The maximum atomic E-state index is 11.4. The van der Waals surface area contributed by atoms with E-state index in [-0.39, 0.29) is 18.0 Å². The van der Waals surface area contributed by atoms with E-state index in [1.807, 2.05) is 6.92 Å². The third-order valence-corrected chi connectivity index (χ3v) is 3.98. The molecule has 1 aromatic rings. The van der Waals surface area contributed by atoms with Gasteiger partial charge in [0, 0.05) is 13.1 Å². The molecule has 0 fully saturated rings. The lowest BCUT2D eigenvalue weighted by Gasteiger charge is -2.20. The highest BCUT2D eigenvalue weighted by molar-refractivity contribution is 6.48. The first-order valence-corrected chi connectivity index (χ1v) is 6.63. The quantitative estimate of drug-likeness (QED) is 0.837. The Morgan fingerprint density at radius 2 is 1.78 bits per heavy atom. The first-order chi connectivity index (χ1) is 8.38. The van der Waals surface area contributed by atoms with Gasteiger partial charge >= 0.3 is 0 Å². The van der Waals surface area contributed by atoms with Crippen LogP contribution < -0.4 is 10.6 Å². The standard InChI is InChI=1S/C12H15Cl3N2O/c1-6(17-7(2)12(18)16-3)8-4-5-9(13)11(15)10(8)14/h4-7,17H,1-3H3,(H,16,18). The molecule has 0 aromatic heterocycles. The Labute approximate surface area is 122 Å². The zero-order valence-corrected chi connectivity index (χ0v) is 12.6. The van der Waals surface area contributed by atoms with Gasteiger partial charge in [-0.25, -0.2) is 0 Å². The van der Waals surface area contributed by atoms with Crippen molar-refractivity contribution in [2.24, 2.45) is 0 Å². The Kier molecular flexibility index (Phi) is 5.73. The number of rotatable bonds is 4. The lowest BCUT2D eigenvalue weighted by atomic mass is 10.1. The molecule has 2 atom stereocenters. The molecule has 2 unspecified atom stereocenters. The molecule has 0 aliphatic rings. The molecule has 0 heterocycles. The van der Waals surface area contributed by atoms with Gasteiger partial charge in [0.05, 0.1) is 21.1 Å². The van der Waals surface area contributed by atoms with E-state index in [1.165, 1.54) is 0 Å². The molecule has 0 aliphatic heterocycles. The van der Waals surface area contributed by atoms with Crippen LogP contribution in [0.15, 0.2) is 12.1 Å². The summed E-state index contributed by atoms with van der Waals surface area (Å²) in [5.74, 6) is -0.0852. The highest BCUT2D eigenvalue weighted by Crippen LogP contribution is 2.35. The van der Waals surface area contributed by atoms with Crippen molar-refractivity contribution in [2.45, 2.75) is 25.9 Å². The Bertz CT molecular complexity index is 451. The van der Waals surface area contributed by atoms with Crippen LogP contribution >= 0.6 is 34.8 Å². The van der Waals surface area contributed by atoms with Crippen LogP contribution in [0.2, 0.25) is 15.1 Å². The Morgan fingerprint density at radius 3 is 2.33 bits per heavy atom. The molecule has 0 radical (unpaired) electrons. The van der Waals surface area contributed by atoms with Crippen LogP contribution in [0.5, 0.6) is 0 Å².